The average molecular weight is 376 g/mol. The maximum absolute atomic E-state index is 12.7. The number of carbonyl (C=O) groups is 1. The second-order valence-electron chi connectivity index (χ2n) is 7.01. The van der Waals surface area contributed by atoms with Crippen LogP contribution in [0.5, 0.6) is 5.75 Å². The van der Waals surface area contributed by atoms with Crippen LogP contribution in [0.4, 0.5) is 5.82 Å². The minimum atomic E-state index is 0.0978. The number of hydrogen-bond acceptors (Lipinski definition) is 4. The predicted octanol–water partition coefficient (Wildman–Crippen LogP) is 3.36. The summed E-state index contributed by atoms with van der Waals surface area (Å²) in [7, 11) is 1.66. The van der Waals surface area contributed by atoms with Crippen molar-refractivity contribution in [2.75, 3.05) is 38.2 Å². The quantitative estimate of drug-likeness (QED) is 0.759. The molecule has 0 aliphatic carbocycles. The monoisotopic (exact) mass is 376 g/mol. The summed E-state index contributed by atoms with van der Waals surface area (Å²) < 4.78 is 5.21. The van der Waals surface area contributed by atoms with Crippen molar-refractivity contribution in [1.82, 2.24) is 15.1 Å². The molecule has 2 aromatic carbocycles. The predicted molar refractivity (Wildman–Crippen MR) is 110 cm³/mol. The Morgan fingerprint density at radius 3 is 2.32 bits per heavy atom. The van der Waals surface area contributed by atoms with Crippen molar-refractivity contribution in [2.24, 2.45) is 0 Å². The van der Waals surface area contributed by atoms with Crippen molar-refractivity contribution < 1.29 is 9.53 Å². The van der Waals surface area contributed by atoms with Crippen molar-refractivity contribution >= 4 is 11.7 Å². The van der Waals surface area contributed by atoms with Gasteiger partial charge in [0.05, 0.1) is 12.8 Å². The van der Waals surface area contributed by atoms with Crippen LogP contribution in [-0.4, -0.2) is 54.3 Å². The zero-order chi connectivity index (χ0) is 19.5. The molecule has 28 heavy (non-hydrogen) atoms. The molecule has 0 unspecified atom stereocenters. The van der Waals surface area contributed by atoms with E-state index in [9.17, 15) is 4.79 Å². The smallest absolute Gasteiger partial charge is 0.253 e. The minimum absolute atomic E-state index is 0.0978. The Labute approximate surface area is 164 Å². The number of hydrogen-bond donors (Lipinski definition) is 1. The summed E-state index contributed by atoms with van der Waals surface area (Å²) in [5.74, 6) is 1.84. The molecule has 1 amide bonds. The van der Waals surface area contributed by atoms with Crippen LogP contribution in [0.15, 0.2) is 54.6 Å². The maximum Gasteiger partial charge on any atom is 0.253 e. The van der Waals surface area contributed by atoms with E-state index in [2.05, 4.69) is 21.2 Å². The van der Waals surface area contributed by atoms with Gasteiger partial charge in [0, 0.05) is 37.8 Å². The number of amides is 1. The largest absolute Gasteiger partial charge is 0.497 e. The lowest BCUT2D eigenvalue weighted by Gasteiger charge is -2.34. The first kappa shape index (κ1) is 18.1. The van der Waals surface area contributed by atoms with Gasteiger partial charge in [0.25, 0.3) is 5.91 Å². The molecule has 6 heteroatoms. The van der Waals surface area contributed by atoms with E-state index in [0.717, 1.165) is 47.0 Å². The van der Waals surface area contributed by atoms with Crippen molar-refractivity contribution in [3.05, 3.63) is 65.7 Å². The van der Waals surface area contributed by atoms with E-state index in [0.29, 0.717) is 13.1 Å². The first-order chi connectivity index (χ1) is 13.6. The van der Waals surface area contributed by atoms with Gasteiger partial charge in [0.1, 0.15) is 5.75 Å². The molecular weight excluding hydrogens is 352 g/mol. The fraction of sp³-hybridized carbons (Fsp3) is 0.273. The molecule has 0 bridgehead atoms. The van der Waals surface area contributed by atoms with Gasteiger partial charge >= 0.3 is 0 Å². The molecule has 1 aromatic heterocycles. The number of anilines is 1. The van der Waals surface area contributed by atoms with Crippen molar-refractivity contribution in [2.45, 2.75) is 6.92 Å². The Hall–Kier alpha value is -3.28. The highest BCUT2D eigenvalue weighted by Crippen LogP contribution is 2.24. The lowest BCUT2D eigenvalue weighted by Crippen LogP contribution is -2.48. The number of aryl methyl sites for hydroxylation is 1. The second-order valence-corrected chi connectivity index (χ2v) is 7.01. The van der Waals surface area contributed by atoms with Gasteiger partial charge in [-0.05, 0) is 48.9 Å². The normalized spacial score (nSPS) is 14.2. The first-order valence-corrected chi connectivity index (χ1v) is 9.45. The zero-order valence-electron chi connectivity index (χ0n) is 16.2. The van der Waals surface area contributed by atoms with Gasteiger partial charge in [-0.3, -0.25) is 9.89 Å². The first-order valence-electron chi connectivity index (χ1n) is 9.45. The third-order valence-electron chi connectivity index (χ3n) is 5.15. The van der Waals surface area contributed by atoms with E-state index in [1.165, 1.54) is 0 Å². The second kappa shape index (κ2) is 7.76. The van der Waals surface area contributed by atoms with E-state index < -0.39 is 0 Å². The number of benzene rings is 2. The van der Waals surface area contributed by atoms with Gasteiger partial charge in [-0.25, -0.2) is 0 Å². The number of nitrogens with one attached hydrogen (secondary N) is 1. The Balaban J connectivity index is 1.39. The van der Waals surface area contributed by atoms with Gasteiger partial charge in [-0.2, -0.15) is 5.10 Å². The molecule has 0 spiro atoms. The Morgan fingerprint density at radius 1 is 1.00 bits per heavy atom. The summed E-state index contributed by atoms with van der Waals surface area (Å²) in [6.07, 6.45) is 0. The molecule has 0 saturated carbocycles. The zero-order valence-corrected chi connectivity index (χ0v) is 16.2. The Bertz CT molecular complexity index is 939. The summed E-state index contributed by atoms with van der Waals surface area (Å²) in [4.78, 5) is 16.8. The highest BCUT2D eigenvalue weighted by atomic mass is 16.5. The number of nitrogens with zero attached hydrogens (tertiary/aromatic N) is 3. The topological polar surface area (TPSA) is 61.5 Å². The van der Waals surface area contributed by atoms with E-state index in [4.69, 9.17) is 4.74 Å². The number of ether oxygens (including phenoxy) is 1. The van der Waals surface area contributed by atoms with E-state index in [-0.39, 0.29) is 5.91 Å². The molecule has 1 aliphatic rings. The SMILES string of the molecule is COc1ccc(-c2cc(N3CCN(C(=O)c4ccc(C)cc4)CC3)n[nH]2)cc1. The highest BCUT2D eigenvalue weighted by molar-refractivity contribution is 5.94. The van der Waals surface area contributed by atoms with Crippen LogP contribution in [-0.2, 0) is 0 Å². The maximum atomic E-state index is 12.7. The van der Waals surface area contributed by atoms with Gasteiger partial charge in [-0.1, -0.05) is 17.7 Å². The van der Waals surface area contributed by atoms with Crippen LogP contribution in [0, 0.1) is 6.92 Å². The van der Waals surface area contributed by atoms with E-state index in [1.807, 2.05) is 60.4 Å². The van der Waals surface area contributed by atoms with Crippen LogP contribution in [0.3, 0.4) is 0 Å². The molecule has 0 radical (unpaired) electrons. The molecule has 6 nitrogen and oxygen atoms in total. The van der Waals surface area contributed by atoms with Crippen LogP contribution < -0.4 is 9.64 Å². The molecule has 144 valence electrons. The van der Waals surface area contributed by atoms with Gasteiger partial charge in [0.15, 0.2) is 5.82 Å². The number of aromatic nitrogens is 2. The molecule has 1 aliphatic heterocycles. The van der Waals surface area contributed by atoms with Crippen LogP contribution in [0.1, 0.15) is 15.9 Å². The fourth-order valence-corrected chi connectivity index (χ4v) is 3.41. The number of aromatic amines is 1. The molecular formula is C22H24N4O2. The molecule has 1 saturated heterocycles. The molecule has 0 atom stereocenters. The van der Waals surface area contributed by atoms with Gasteiger partial charge in [-0.15, -0.1) is 0 Å². The number of methoxy groups -OCH3 is 1. The van der Waals surface area contributed by atoms with Gasteiger partial charge < -0.3 is 14.5 Å². The van der Waals surface area contributed by atoms with Gasteiger partial charge in [0.2, 0.25) is 0 Å². The molecule has 2 heterocycles. The molecule has 1 N–H and O–H groups in total. The van der Waals surface area contributed by atoms with E-state index in [1.54, 1.807) is 7.11 Å². The van der Waals surface area contributed by atoms with Crippen molar-refractivity contribution in [1.29, 1.82) is 0 Å². The molecule has 4 rings (SSSR count). The number of piperazine rings is 1. The third kappa shape index (κ3) is 3.71. The summed E-state index contributed by atoms with van der Waals surface area (Å²) >= 11 is 0. The Kier molecular flexibility index (Phi) is 5.02. The fourth-order valence-electron chi connectivity index (χ4n) is 3.41. The summed E-state index contributed by atoms with van der Waals surface area (Å²) in [5.41, 5.74) is 3.94. The minimum Gasteiger partial charge on any atom is -0.497 e. The number of rotatable bonds is 4. The molecule has 1 fully saturated rings. The van der Waals surface area contributed by atoms with Crippen LogP contribution in [0.25, 0.3) is 11.3 Å². The van der Waals surface area contributed by atoms with Crippen molar-refractivity contribution in [3.63, 3.8) is 0 Å². The summed E-state index contributed by atoms with van der Waals surface area (Å²) in [6.45, 7) is 4.95. The number of carbonyl (C=O) groups excluding carboxylic acids is 1. The number of H-pyrrole nitrogens is 1. The summed E-state index contributed by atoms with van der Waals surface area (Å²) in [5, 5.41) is 7.57. The van der Waals surface area contributed by atoms with Crippen LogP contribution >= 0.6 is 0 Å². The summed E-state index contributed by atoms with van der Waals surface area (Å²) in [6, 6.07) is 17.7. The third-order valence-corrected chi connectivity index (χ3v) is 5.15. The van der Waals surface area contributed by atoms with E-state index >= 15 is 0 Å². The lowest BCUT2D eigenvalue weighted by molar-refractivity contribution is 0.0746. The highest BCUT2D eigenvalue weighted by Gasteiger charge is 2.23. The molecule has 3 aromatic rings. The Morgan fingerprint density at radius 2 is 1.68 bits per heavy atom. The van der Waals surface area contributed by atoms with Crippen LogP contribution in [0.2, 0.25) is 0 Å². The standard InChI is InChI=1S/C22H24N4O2/c1-16-3-5-18(6-4-16)22(27)26-13-11-25(12-14-26)21-15-20(23-24-21)17-7-9-19(28-2)10-8-17/h3-10,15H,11-14H2,1-2H3,(H,23,24). The van der Waals surface area contributed by atoms with Crippen molar-refractivity contribution in [3.8, 4) is 17.0 Å². The lowest BCUT2D eigenvalue weighted by atomic mass is 10.1. The average Bonchev–Trinajstić information content (AvgIpc) is 3.24.